The third-order valence-electron chi connectivity index (χ3n) is 7.06. The Hall–Kier alpha value is -5.36. The van der Waals surface area contributed by atoms with Crippen LogP contribution in [0.4, 0.5) is 10.1 Å². The number of rotatable bonds is 9. The molecule has 1 atom stereocenters. The lowest BCUT2D eigenvalue weighted by atomic mass is 9.97. The van der Waals surface area contributed by atoms with Gasteiger partial charge in [0.25, 0.3) is 5.91 Å². The molecular formula is C32H25FN4O6S. The third-order valence-corrected chi connectivity index (χ3v) is 8.06. The summed E-state index contributed by atoms with van der Waals surface area (Å²) < 4.78 is 40.4. The Morgan fingerprint density at radius 1 is 0.977 bits per heavy atom. The Morgan fingerprint density at radius 3 is 2.45 bits per heavy atom. The van der Waals surface area contributed by atoms with Gasteiger partial charge in [-0.15, -0.1) is 0 Å². The molecule has 44 heavy (non-hydrogen) atoms. The highest BCUT2D eigenvalue weighted by atomic mass is 32.2. The van der Waals surface area contributed by atoms with Crippen LogP contribution in [0.3, 0.4) is 0 Å². The van der Waals surface area contributed by atoms with Crippen LogP contribution < -0.4 is 9.62 Å². The summed E-state index contributed by atoms with van der Waals surface area (Å²) in [5.74, 6) is -1.34. The van der Waals surface area contributed by atoms with Crippen LogP contribution in [0.5, 0.6) is 0 Å². The number of halogens is 1. The second-order valence-electron chi connectivity index (χ2n) is 9.85. The zero-order chi connectivity index (χ0) is 31.0. The van der Waals surface area contributed by atoms with E-state index >= 15 is 0 Å². The predicted octanol–water partition coefficient (Wildman–Crippen LogP) is 6.04. The molecule has 10 nitrogen and oxygen atoms in total. The summed E-state index contributed by atoms with van der Waals surface area (Å²) in [6, 6.07) is 19.8. The van der Waals surface area contributed by atoms with Crippen molar-refractivity contribution in [1.29, 1.82) is 0 Å². The van der Waals surface area contributed by atoms with Crippen molar-refractivity contribution in [3.63, 3.8) is 0 Å². The number of nitrogens with one attached hydrogen (secondary N) is 1. The van der Waals surface area contributed by atoms with Crippen LogP contribution in [0.1, 0.15) is 16.8 Å². The number of anilines is 1. The molecule has 0 aliphatic carbocycles. The van der Waals surface area contributed by atoms with Crippen molar-refractivity contribution in [2.24, 2.45) is 0 Å². The Kier molecular flexibility index (Phi) is 7.66. The van der Waals surface area contributed by atoms with E-state index in [9.17, 15) is 23.3 Å². The number of hydrogen-bond acceptors (Lipinski definition) is 7. The molecule has 3 heterocycles. The number of carboxylic acid groups (broad SMARTS) is 1. The Bertz CT molecular complexity index is 2040. The van der Waals surface area contributed by atoms with Gasteiger partial charge in [-0.05, 0) is 60.2 Å². The molecule has 0 saturated carbocycles. The summed E-state index contributed by atoms with van der Waals surface area (Å²) in [6.07, 6.45) is 2.81. The minimum absolute atomic E-state index is 0.0543. The lowest BCUT2D eigenvalue weighted by Gasteiger charge is -2.24. The summed E-state index contributed by atoms with van der Waals surface area (Å²) in [7, 11) is -0.131. The Labute approximate surface area is 252 Å². The summed E-state index contributed by atoms with van der Waals surface area (Å²) in [4.78, 5) is 33.5. The highest BCUT2D eigenvalue weighted by Crippen LogP contribution is 2.42. The van der Waals surface area contributed by atoms with Crippen molar-refractivity contribution in [3.05, 3.63) is 90.4 Å². The van der Waals surface area contributed by atoms with Crippen molar-refractivity contribution in [2.75, 3.05) is 24.2 Å². The number of pyridine rings is 1. The van der Waals surface area contributed by atoms with E-state index in [-0.39, 0.29) is 24.3 Å². The Morgan fingerprint density at radius 2 is 1.75 bits per heavy atom. The number of amides is 1. The van der Waals surface area contributed by atoms with Crippen molar-refractivity contribution in [2.45, 2.75) is 6.42 Å². The van der Waals surface area contributed by atoms with Crippen LogP contribution in [0.15, 0.2) is 87.8 Å². The maximum Gasteiger partial charge on any atom is 0.305 e. The molecule has 0 spiro atoms. The second kappa shape index (κ2) is 11.7. The standard InChI is InChI=1S/C32H25FN4O6S/c1-34-31(40)28-23-16-22(19-5-3-6-20(15-19)32-36-30-25(43-32)7-4-13-35-30)24(37(44(2)41)14-12-27(38)39)17-26(23)42-29(28)18-8-10-21(33)11-9-18/h3-11,13,15-17H,12,14H2,1-2H3,(H,34,40)(H,38,39). The number of benzene rings is 3. The minimum Gasteiger partial charge on any atom is -0.481 e. The topological polar surface area (TPSA) is 139 Å². The first kappa shape index (κ1) is 28.7. The van der Waals surface area contributed by atoms with Crippen molar-refractivity contribution in [3.8, 4) is 33.9 Å². The lowest BCUT2D eigenvalue weighted by molar-refractivity contribution is -0.136. The monoisotopic (exact) mass is 612 g/mol. The fourth-order valence-electron chi connectivity index (χ4n) is 5.02. The van der Waals surface area contributed by atoms with Gasteiger partial charge in [-0.3, -0.25) is 13.9 Å². The molecule has 1 unspecified atom stereocenters. The van der Waals surface area contributed by atoms with Gasteiger partial charge < -0.3 is 19.3 Å². The first-order valence-electron chi connectivity index (χ1n) is 13.5. The average Bonchev–Trinajstić information content (AvgIpc) is 3.62. The molecule has 3 aromatic carbocycles. The summed E-state index contributed by atoms with van der Waals surface area (Å²) >= 11 is 0. The fourth-order valence-corrected chi connectivity index (χ4v) is 5.80. The van der Waals surface area contributed by atoms with Crippen molar-refractivity contribution < 1.29 is 32.1 Å². The fraction of sp³-hybridized carbons (Fsp3) is 0.125. The van der Waals surface area contributed by atoms with Gasteiger partial charge in [-0.2, -0.15) is 4.98 Å². The molecule has 0 radical (unpaired) electrons. The molecule has 12 heteroatoms. The van der Waals surface area contributed by atoms with Gasteiger partial charge in [-0.1, -0.05) is 12.1 Å². The molecule has 2 N–H and O–H groups in total. The van der Waals surface area contributed by atoms with Crippen LogP contribution in [0, 0.1) is 5.82 Å². The van der Waals surface area contributed by atoms with Crippen LogP contribution >= 0.6 is 0 Å². The second-order valence-corrected chi connectivity index (χ2v) is 11.1. The number of carboxylic acids is 1. The van der Waals surface area contributed by atoms with Crippen LogP contribution in [-0.2, 0) is 15.8 Å². The number of hydrogen-bond donors (Lipinski definition) is 2. The molecule has 0 aliphatic rings. The normalized spacial score (nSPS) is 12.0. The van der Waals surface area contributed by atoms with Crippen molar-refractivity contribution in [1.82, 2.24) is 15.3 Å². The van der Waals surface area contributed by atoms with E-state index in [1.807, 2.05) is 24.3 Å². The molecule has 0 saturated heterocycles. The number of aliphatic carboxylic acids is 1. The van der Waals surface area contributed by atoms with Gasteiger partial charge in [0.05, 0.1) is 17.7 Å². The van der Waals surface area contributed by atoms with Crippen LogP contribution in [0.25, 0.3) is 56.1 Å². The largest absolute Gasteiger partial charge is 0.481 e. The minimum atomic E-state index is -1.63. The molecule has 3 aromatic heterocycles. The summed E-state index contributed by atoms with van der Waals surface area (Å²) in [5.41, 5.74) is 4.30. The van der Waals surface area contributed by atoms with E-state index in [1.54, 1.807) is 30.5 Å². The van der Waals surface area contributed by atoms with Gasteiger partial charge in [0, 0.05) is 54.2 Å². The lowest BCUT2D eigenvalue weighted by Crippen LogP contribution is -2.28. The number of aromatic nitrogens is 2. The molecule has 0 bridgehead atoms. The van der Waals surface area contributed by atoms with E-state index in [1.165, 1.54) is 41.9 Å². The SMILES string of the molecule is CNC(=O)c1c(-c2ccc(F)cc2)oc2cc(N(CCC(=O)O)S(C)=O)c(-c3cccc(-c4nc5ncccc5o4)c3)cc12. The number of furan rings is 1. The van der Waals surface area contributed by atoms with Gasteiger partial charge in [-0.25, -0.2) is 13.6 Å². The van der Waals surface area contributed by atoms with Crippen LogP contribution in [0.2, 0.25) is 0 Å². The Balaban J connectivity index is 1.60. The molecular weight excluding hydrogens is 587 g/mol. The smallest absolute Gasteiger partial charge is 0.305 e. The van der Waals surface area contributed by atoms with E-state index in [2.05, 4.69) is 15.3 Å². The van der Waals surface area contributed by atoms with Gasteiger partial charge in [0.15, 0.2) is 11.2 Å². The third kappa shape index (κ3) is 5.42. The number of oxazole rings is 1. The number of fused-ring (bicyclic) bond motifs is 2. The molecule has 6 rings (SSSR count). The highest BCUT2D eigenvalue weighted by Gasteiger charge is 2.26. The van der Waals surface area contributed by atoms with Crippen LogP contribution in [-0.4, -0.2) is 51.0 Å². The molecule has 0 fully saturated rings. The van der Waals surface area contributed by atoms with E-state index in [0.717, 1.165) is 0 Å². The van der Waals surface area contributed by atoms with E-state index < -0.39 is 28.7 Å². The molecule has 1 amide bonds. The van der Waals surface area contributed by atoms with Gasteiger partial charge >= 0.3 is 5.97 Å². The zero-order valence-corrected chi connectivity index (χ0v) is 24.4. The molecule has 0 aliphatic heterocycles. The maximum absolute atomic E-state index is 13.7. The maximum atomic E-state index is 13.7. The molecule has 6 aromatic rings. The number of carbonyl (C=O) groups is 2. The van der Waals surface area contributed by atoms with Gasteiger partial charge in [0.2, 0.25) is 5.89 Å². The highest BCUT2D eigenvalue weighted by molar-refractivity contribution is 7.85. The summed E-state index contributed by atoms with van der Waals surface area (Å²) in [5, 5.41) is 12.5. The number of nitrogens with zero attached hydrogens (tertiary/aromatic N) is 3. The average molecular weight is 613 g/mol. The summed E-state index contributed by atoms with van der Waals surface area (Å²) in [6.45, 7) is -0.0543. The first-order valence-corrected chi connectivity index (χ1v) is 15.0. The predicted molar refractivity (Wildman–Crippen MR) is 165 cm³/mol. The zero-order valence-electron chi connectivity index (χ0n) is 23.5. The first-order chi connectivity index (χ1) is 21.2. The van der Waals surface area contributed by atoms with E-state index in [4.69, 9.17) is 8.83 Å². The quantitative estimate of drug-likeness (QED) is 0.201. The molecule has 222 valence electrons. The van der Waals surface area contributed by atoms with Crippen molar-refractivity contribution >= 4 is 50.7 Å². The van der Waals surface area contributed by atoms with Gasteiger partial charge in [0.1, 0.15) is 28.1 Å². The van der Waals surface area contributed by atoms with E-state index in [0.29, 0.717) is 56.0 Å². The number of carbonyl (C=O) groups excluding carboxylic acids is 1.